The fourth-order valence-electron chi connectivity index (χ4n) is 3.07. The van der Waals surface area contributed by atoms with Gasteiger partial charge in [-0.25, -0.2) is 4.98 Å². The van der Waals surface area contributed by atoms with Gasteiger partial charge in [0.15, 0.2) is 0 Å². The Labute approximate surface area is 145 Å². The second-order valence-corrected chi connectivity index (χ2v) is 6.38. The largest absolute Gasteiger partial charge is 0.416 e. The lowest BCUT2D eigenvalue weighted by Crippen LogP contribution is -2.53. The van der Waals surface area contributed by atoms with Crippen LogP contribution in [-0.4, -0.2) is 39.6 Å². The van der Waals surface area contributed by atoms with Gasteiger partial charge >= 0.3 is 6.18 Å². The van der Waals surface area contributed by atoms with Crippen molar-refractivity contribution in [1.29, 1.82) is 0 Å². The van der Waals surface area contributed by atoms with Crippen molar-refractivity contribution < 1.29 is 13.2 Å². The van der Waals surface area contributed by atoms with Crippen LogP contribution in [0.3, 0.4) is 0 Å². The highest BCUT2D eigenvalue weighted by atomic mass is 35.5. The first kappa shape index (κ1) is 19.0. The van der Waals surface area contributed by atoms with E-state index in [1.165, 1.54) is 6.07 Å². The number of nitrogens with zero attached hydrogens (tertiary/aromatic N) is 3. The Bertz CT molecular complexity index is 713. The first-order valence-corrected chi connectivity index (χ1v) is 7.75. The third-order valence-corrected chi connectivity index (χ3v) is 4.54. The number of hydrogen-bond acceptors (Lipinski definition) is 3. The molecule has 1 aliphatic rings. The third-order valence-electron chi connectivity index (χ3n) is 4.54. The van der Waals surface area contributed by atoms with E-state index < -0.39 is 11.7 Å². The van der Waals surface area contributed by atoms with Crippen LogP contribution in [0.5, 0.6) is 0 Å². The average molecular weight is 363 g/mol. The minimum atomic E-state index is -4.34. The number of hydrogen-bond donors (Lipinski definition) is 1. The van der Waals surface area contributed by atoms with Crippen molar-refractivity contribution in [2.75, 3.05) is 13.1 Å². The van der Waals surface area contributed by atoms with Crippen LogP contribution < -0.4 is 5.32 Å². The first-order chi connectivity index (χ1) is 10.8. The van der Waals surface area contributed by atoms with E-state index in [2.05, 4.69) is 29.0 Å². The van der Waals surface area contributed by atoms with E-state index in [4.69, 9.17) is 0 Å². The highest BCUT2D eigenvalue weighted by Gasteiger charge is 2.31. The summed E-state index contributed by atoms with van der Waals surface area (Å²) in [5, 5.41) is 3.42. The lowest BCUT2D eigenvalue weighted by Gasteiger charge is -2.37. The van der Waals surface area contributed by atoms with Crippen LogP contribution in [0.2, 0.25) is 0 Å². The molecule has 1 fully saturated rings. The standard InChI is InChI=1S/C16H21F3N4.ClH/c1-10-8-23(11(2)7-20-10)9-15-21-13-6-12(16(17,18)19)4-5-14(13)22(15)3;/h4-6,10-11,20H,7-9H2,1-3H3;1H. The maximum atomic E-state index is 12.8. The summed E-state index contributed by atoms with van der Waals surface area (Å²) in [5.74, 6) is 0.792. The molecule has 4 nitrogen and oxygen atoms in total. The highest BCUT2D eigenvalue weighted by molar-refractivity contribution is 5.85. The molecular weight excluding hydrogens is 341 g/mol. The first-order valence-electron chi connectivity index (χ1n) is 7.75. The van der Waals surface area contributed by atoms with Gasteiger partial charge in [-0.3, -0.25) is 4.90 Å². The minimum absolute atomic E-state index is 0. The van der Waals surface area contributed by atoms with Crippen molar-refractivity contribution in [2.45, 2.75) is 38.7 Å². The van der Waals surface area contributed by atoms with Crippen LogP contribution in [0.4, 0.5) is 13.2 Å². The number of alkyl halides is 3. The van der Waals surface area contributed by atoms with Gasteiger partial charge < -0.3 is 9.88 Å². The molecule has 0 saturated carbocycles. The molecule has 2 heterocycles. The molecule has 1 aromatic carbocycles. The highest BCUT2D eigenvalue weighted by Crippen LogP contribution is 2.31. The quantitative estimate of drug-likeness (QED) is 0.890. The Hall–Kier alpha value is -1.31. The molecule has 0 spiro atoms. The molecule has 24 heavy (non-hydrogen) atoms. The molecule has 3 rings (SSSR count). The zero-order chi connectivity index (χ0) is 16.8. The molecule has 1 aliphatic heterocycles. The van der Waals surface area contributed by atoms with E-state index in [-0.39, 0.29) is 12.4 Å². The molecule has 2 aromatic rings. The molecule has 134 valence electrons. The van der Waals surface area contributed by atoms with Crippen molar-refractivity contribution in [3.05, 3.63) is 29.6 Å². The number of aromatic nitrogens is 2. The number of aryl methyl sites for hydroxylation is 1. The fraction of sp³-hybridized carbons (Fsp3) is 0.562. The third kappa shape index (κ3) is 3.68. The Morgan fingerprint density at radius 1 is 1.29 bits per heavy atom. The van der Waals surface area contributed by atoms with E-state index in [9.17, 15) is 13.2 Å². The summed E-state index contributed by atoms with van der Waals surface area (Å²) in [6.07, 6.45) is -4.34. The average Bonchev–Trinajstić information content (AvgIpc) is 2.78. The minimum Gasteiger partial charge on any atom is -0.330 e. The van der Waals surface area contributed by atoms with Crippen LogP contribution in [-0.2, 0) is 19.8 Å². The van der Waals surface area contributed by atoms with Crippen LogP contribution >= 0.6 is 12.4 Å². The summed E-state index contributed by atoms with van der Waals surface area (Å²) in [5.41, 5.74) is 0.468. The van der Waals surface area contributed by atoms with Gasteiger partial charge in [0.05, 0.1) is 23.1 Å². The topological polar surface area (TPSA) is 33.1 Å². The molecule has 1 saturated heterocycles. The lowest BCUT2D eigenvalue weighted by atomic mass is 10.1. The SMILES string of the molecule is CC1CN(Cc2nc3cc(C(F)(F)F)ccc3n2C)C(C)CN1.Cl. The molecule has 2 unspecified atom stereocenters. The second kappa shape index (κ2) is 6.90. The molecule has 1 aromatic heterocycles. The Morgan fingerprint density at radius 3 is 2.67 bits per heavy atom. The zero-order valence-electron chi connectivity index (χ0n) is 13.9. The summed E-state index contributed by atoms with van der Waals surface area (Å²) in [6, 6.07) is 4.51. The van der Waals surface area contributed by atoms with Crippen LogP contribution in [0.15, 0.2) is 18.2 Å². The van der Waals surface area contributed by atoms with E-state index in [0.29, 0.717) is 24.1 Å². The molecule has 0 aliphatic carbocycles. The Morgan fingerprint density at radius 2 is 2.00 bits per heavy atom. The fourth-order valence-corrected chi connectivity index (χ4v) is 3.07. The molecule has 2 atom stereocenters. The van der Waals surface area contributed by atoms with Gasteiger partial charge in [0.25, 0.3) is 0 Å². The van der Waals surface area contributed by atoms with Gasteiger partial charge in [-0.2, -0.15) is 13.2 Å². The Balaban J connectivity index is 0.00000208. The summed E-state index contributed by atoms with van der Waals surface area (Å²) < 4.78 is 40.4. The van der Waals surface area contributed by atoms with E-state index >= 15 is 0 Å². The maximum absolute atomic E-state index is 12.8. The molecular formula is C16H22ClF3N4. The van der Waals surface area contributed by atoms with Crippen molar-refractivity contribution >= 4 is 23.4 Å². The van der Waals surface area contributed by atoms with E-state index in [1.807, 2.05) is 11.6 Å². The van der Waals surface area contributed by atoms with E-state index in [0.717, 1.165) is 36.6 Å². The van der Waals surface area contributed by atoms with Gasteiger partial charge in [0, 0.05) is 32.2 Å². The predicted molar refractivity (Wildman–Crippen MR) is 90.3 cm³/mol. The van der Waals surface area contributed by atoms with Crippen LogP contribution in [0.1, 0.15) is 25.2 Å². The van der Waals surface area contributed by atoms with Crippen molar-refractivity contribution in [1.82, 2.24) is 19.8 Å². The maximum Gasteiger partial charge on any atom is 0.416 e. The monoisotopic (exact) mass is 362 g/mol. The molecule has 8 heteroatoms. The summed E-state index contributed by atoms with van der Waals surface area (Å²) >= 11 is 0. The number of benzene rings is 1. The molecule has 0 amide bonds. The zero-order valence-corrected chi connectivity index (χ0v) is 14.7. The smallest absolute Gasteiger partial charge is 0.330 e. The Kier molecular flexibility index (Phi) is 5.47. The number of halogens is 4. The van der Waals surface area contributed by atoms with Gasteiger partial charge in [0.1, 0.15) is 5.82 Å². The van der Waals surface area contributed by atoms with Gasteiger partial charge in [0.2, 0.25) is 0 Å². The number of fused-ring (bicyclic) bond motifs is 1. The molecule has 1 N–H and O–H groups in total. The normalized spacial score (nSPS) is 22.6. The number of imidazole rings is 1. The number of nitrogens with one attached hydrogen (secondary N) is 1. The van der Waals surface area contributed by atoms with Crippen LogP contribution in [0.25, 0.3) is 11.0 Å². The molecule has 0 bridgehead atoms. The van der Waals surface area contributed by atoms with Crippen LogP contribution in [0, 0.1) is 0 Å². The molecule has 0 radical (unpaired) electrons. The van der Waals surface area contributed by atoms with Crippen molar-refractivity contribution in [2.24, 2.45) is 7.05 Å². The predicted octanol–water partition coefficient (Wildman–Crippen LogP) is 3.20. The number of piperazine rings is 1. The van der Waals surface area contributed by atoms with Crippen molar-refractivity contribution in [3.63, 3.8) is 0 Å². The van der Waals surface area contributed by atoms with Gasteiger partial charge in [-0.1, -0.05) is 0 Å². The second-order valence-electron chi connectivity index (χ2n) is 6.38. The number of rotatable bonds is 2. The summed E-state index contributed by atoms with van der Waals surface area (Å²) in [7, 11) is 1.86. The summed E-state index contributed by atoms with van der Waals surface area (Å²) in [4.78, 5) is 6.75. The summed E-state index contributed by atoms with van der Waals surface area (Å²) in [6.45, 7) is 6.72. The lowest BCUT2D eigenvalue weighted by molar-refractivity contribution is -0.137. The van der Waals surface area contributed by atoms with Gasteiger partial charge in [-0.05, 0) is 32.0 Å². The van der Waals surface area contributed by atoms with Crippen molar-refractivity contribution in [3.8, 4) is 0 Å². The van der Waals surface area contributed by atoms with Gasteiger partial charge in [-0.15, -0.1) is 12.4 Å². The van der Waals surface area contributed by atoms with E-state index in [1.54, 1.807) is 0 Å².